The Morgan fingerprint density at radius 2 is 1.50 bits per heavy atom. The zero-order valence-corrected chi connectivity index (χ0v) is 14.7. The van der Waals surface area contributed by atoms with E-state index in [4.69, 9.17) is 0 Å². The molecule has 0 bridgehead atoms. The Morgan fingerprint density at radius 3 is 2.00 bits per heavy atom. The molecule has 1 aromatic carbocycles. The summed E-state index contributed by atoms with van der Waals surface area (Å²) >= 11 is 0. The van der Waals surface area contributed by atoms with Gasteiger partial charge in [-0.3, -0.25) is 9.59 Å². The fraction of sp³-hybridized carbons (Fsp3) is 0.471. The first-order valence-electron chi connectivity index (χ1n) is 7.89. The smallest absolute Gasteiger partial charge is 0.318 e. The third kappa shape index (κ3) is 7.13. The van der Waals surface area contributed by atoms with E-state index in [-0.39, 0.29) is 17.8 Å². The molecule has 1 aromatic rings. The maximum Gasteiger partial charge on any atom is 0.318 e. The van der Waals surface area contributed by atoms with Crippen LogP contribution < -0.4 is 21.3 Å². The standard InChI is InChI=1S/C17H26N4O3/c1-17(2,3)15(23)19-11-5-6-14(22)20-12-7-9-13(10-8-12)21-16(24)18-4/h7-10H,5-6,11H2,1-4H3,(H,19,23)(H,20,22)(H2,18,21,24). The molecule has 0 heterocycles. The summed E-state index contributed by atoms with van der Waals surface area (Å²) in [5.41, 5.74) is 0.866. The Labute approximate surface area is 142 Å². The number of carbonyl (C=O) groups excluding carboxylic acids is 3. The van der Waals surface area contributed by atoms with E-state index < -0.39 is 5.41 Å². The molecule has 0 fully saturated rings. The van der Waals surface area contributed by atoms with Gasteiger partial charge in [-0.25, -0.2) is 4.79 Å². The summed E-state index contributed by atoms with van der Waals surface area (Å²) in [4.78, 5) is 34.7. The Bertz CT molecular complexity index is 576. The number of nitrogens with one attached hydrogen (secondary N) is 4. The molecule has 7 nitrogen and oxygen atoms in total. The van der Waals surface area contributed by atoms with Crippen molar-refractivity contribution in [3.05, 3.63) is 24.3 Å². The molecule has 0 atom stereocenters. The van der Waals surface area contributed by atoms with Crippen molar-refractivity contribution in [1.82, 2.24) is 10.6 Å². The normalized spacial score (nSPS) is 10.7. The zero-order valence-electron chi connectivity index (χ0n) is 14.7. The molecular weight excluding hydrogens is 308 g/mol. The first kappa shape index (κ1) is 19.5. The van der Waals surface area contributed by atoms with Crippen LogP contribution in [0.25, 0.3) is 0 Å². The molecular formula is C17H26N4O3. The average Bonchev–Trinajstić information content (AvgIpc) is 2.52. The van der Waals surface area contributed by atoms with Gasteiger partial charge in [0.1, 0.15) is 0 Å². The van der Waals surface area contributed by atoms with Crippen molar-refractivity contribution in [1.29, 1.82) is 0 Å². The Kier molecular flexibility index (Phi) is 7.23. The van der Waals surface area contributed by atoms with Gasteiger partial charge in [-0.15, -0.1) is 0 Å². The molecule has 0 unspecified atom stereocenters. The van der Waals surface area contributed by atoms with Crippen molar-refractivity contribution < 1.29 is 14.4 Å². The van der Waals surface area contributed by atoms with Gasteiger partial charge in [-0.05, 0) is 30.7 Å². The van der Waals surface area contributed by atoms with Gasteiger partial charge in [0.15, 0.2) is 0 Å². The van der Waals surface area contributed by atoms with E-state index in [0.717, 1.165) is 0 Å². The molecule has 4 N–H and O–H groups in total. The number of urea groups is 1. The summed E-state index contributed by atoms with van der Waals surface area (Å²) in [6.07, 6.45) is 0.895. The van der Waals surface area contributed by atoms with E-state index in [9.17, 15) is 14.4 Å². The second-order valence-electron chi connectivity index (χ2n) is 6.44. The van der Waals surface area contributed by atoms with Crippen LogP contribution in [-0.4, -0.2) is 31.4 Å². The van der Waals surface area contributed by atoms with Crippen molar-refractivity contribution in [2.24, 2.45) is 5.41 Å². The van der Waals surface area contributed by atoms with Crippen molar-refractivity contribution in [3.63, 3.8) is 0 Å². The Morgan fingerprint density at radius 1 is 0.958 bits per heavy atom. The second-order valence-corrected chi connectivity index (χ2v) is 6.44. The zero-order chi connectivity index (χ0) is 18.2. The molecule has 4 amide bonds. The van der Waals surface area contributed by atoms with Crippen LogP contribution in [0.3, 0.4) is 0 Å². The van der Waals surface area contributed by atoms with Crippen LogP contribution in [0.2, 0.25) is 0 Å². The fourth-order valence-electron chi connectivity index (χ4n) is 1.77. The molecule has 0 aliphatic rings. The third-order valence-corrected chi connectivity index (χ3v) is 3.20. The fourth-order valence-corrected chi connectivity index (χ4v) is 1.77. The van der Waals surface area contributed by atoms with Gasteiger partial charge in [0.2, 0.25) is 11.8 Å². The maximum absolute atomic E-state index is 11.9. The molecule has 7 heteroatoms. The molecule has 0 saturated heterocycles. The lowest BCUT2D eigenvalue weighted by atomic mass is 9.96. The minimum atomic E-state index is -0.424. The predicted molar refractivity (Wildman–Crippen MR) is 94.8 cm³/mol. The average molecular weight is 334 g/mol. The molecule has 24 heavy (non-hydrogen) atoms. The number of rotatable bonds is 6. The van der Waals surface area contributed by atoms with Crippen LogP contribution in [0.15, 0.2) is 24.3 Å². The Balaban J connectivity index is 2.32. The van der Waals surface area contributed by atoms with Crippen LogP contribution in [0.4, 0.5) is 16.2 Å². The summed E-state index contributed by atoms with van der Waals surface area (Å²) in [7, 11) is 1.54. The molecule has 0 aliphatic carbocycles. The predicted octanol–water partition coefficient (Wildman–Crippen LogP) is 2.32. The second kappa shape index (κ2) is 8.90. The summed E-state index contributed by atoms with van der Waals surface area (Å²) in [5, 5.41) is 10.7. The lowest BCUT2D eigenvalue weighted by Crippen LogP contribution is -2.35. The van der Waals surface area contributed by atoms with E-state index in [1.165, 1.54) is 7.05 Å². The summed E-state index contributed by atoms with van der Waals surface area (Å²) < 4.78 is 0. The number of benzene rings is 1. The minimum absolute atomic E-state index is 0.0258. The van der Waals surface area contributed by atoms with Crippen LogP contribution in [0, 0.1) is 5.41 Å². The molecule has 0 aromatic heterocycles. The van der Waals surface area contributed by atoms with Gasteiger partial charge < -0.3 is 21.3 Å². The van der Waals surface area contributed by atoms with Crippen molar-refractivity contribution in [3.8, 4) is 0 Å². The van der Waals surface area contributed by atoms with E-state index in [1.54, 1.807) is 24.3 Å². The largest absolute Gasteiger partial charge is 0.356 e. The van der Waals surface area contributed by atoms with E-state index >= 15 is 0 Å². The molecule has 0 spiro atoms. The maximum atomic E-state index is 11.9. The van der Waals surface area contributed by atoms with Gasteiger partial charge in [-0.2, -0.15) is 0 Å². The van der Waals surface area contributed by atoms with E-state index in [0.29, 0.717) is 30.8 Å². The summed E-state index contributed by atoms with van der Waals surface area (Å²) in [5.74, 6) is -0.144. The lowest BCUT2D eigenvalue weighted by molar-refractivity contribution is -0.128. The SMILES string of the molecule is CNC(=O)Nc1ccc(NC(=O)CCCNC(=O)C(C)(C)C)cc1. The van der Waals surface area contributed by atoms with Gasteiger partial charge in [-0.1, -0.05) is 20.8 Å². The molecule has 132 valence electrons. The molecule has 0 radical (unpaired) electrons. The highest BCUT2D eigenvalue weighted by atomic mass is 16.2. The highest BCUT2D eigenvalue weighted by Crippen LogP contribution is 2.14. The van der Waals surface area contributed by atoms with Crippen LogP contribution in [0.1, 0.15) is 33.6 Å². The molecule has 0 aliphatic heterocycles. The molecule has 0 saturated carbocycles. The minimum Gasteiger partial charge on any atom is -0.356 e. The quantitative estimate of drug-likeness (QED) is 0.601. The number of anilines is 2. The molecule has 1 rings (SSSR count). The summed E-state index contributed by atoms with van der Waals surface area (Å²) in [6.45, 7) is 6.01. The first-order valence-corrected chi connectivity index (χ1v) is 7.89. The van der Waals surface area contributed by atoms with Crippen molar-refractivity contribution in [2.75, 3.05) is 24.2 Å². The van der Waals surface area contributed by atoms with Gasteiger partial charge in [0.05, 0.1) is 0 Å². The number of hydrogen-bond acceptors (Lipinski definition) is 3. The van der Waals surface area contributed by atoms with Crippen LogP contribution in [0.5, 0.6) is 0 Å². The topological polar surface area (TPSA) is 99.3 Å². The number of amides is 4. The first-order chi connectivity index (χ1) is 11.2. The number of hydrogen-bond donors (Lipinski definition) is 4. The highest BCUT2D eigenvalue weighted by Gasteiger charge is 2.20. The van der Waals surface area contributed by atoms with Crippen molar-refractivity contribution >= 4 is 29.2 Å². The monoisotopic (exact) mass is 334 g/mol. The summed E-state index contributed by atoms with van der Waals surface area (Å²) in [6, 6.07) is 6.53. The van der Waals surface area contributed by atoms with Crippen molar-refractivity contribution in [2.45, 2.75) is 33.6 Å². The highest BCUT2D eigenvalue weighted by molar-refractivity contribution is 5.92. The van der Waals surface area contributed by atoms with E-state index in [1.807, 2.05) is 20.8 Å². The lowest BCUT2D eigenvalue weighted by Gasteiger charge is -2.17. The number of carbonyl (C=O) groups is 3. The van der Waals surface area contributed by atoms with Gasteiger partial charge in [0, 0.05) is 36.8 Å². The van der Waals surface area contributed by atoms with Gasteiger partial charge >= 0.3 is 6.03 Å². The van der Waals surface area contributed by atoms with Crippen LogP contribution in [-0.2, 0) is 9.59 Å². The third-order valence-electron chi connectivity index (χ3n) is 3.20. The Hall–Kier alpha value is -2.57. The van der Waals surface area contributed by atoms with Crippen LogP contribution >= 0.6 is 0 Å². The van der Waals surface area contributed by atoms with E-state index in [2.05, 4.69) is 21.3 Å². The van der Waals surface area contributed by atoms with Gasteiger partial charge in [0.25, 0.3) is 0 Å².